The maximum Gasteiger partial charge on any atom is 0.244 e. The van der Waals surface area contributed by atoms with Crippen LogP contribution < -0.4 is 4.90 Å². The van der Waals surface area contributed by atoms with Gasteiger partial charge in [-0.2, -0.15) is 0 Å². The van der Waals surface area contributed by atoms with E-state index in [-0.39, 0.29) is 30.0 Å². The molecule has 0 saturated carbocycles. The van der Waals surface area contributed by atoms with Gasteiger partial charge in [-0.15, -0.1) is 6.58 Å². The van der Waals surface area contributed by atoms with Gasteiger partial charge in [0.15, 0.2) is 0 Å². The first-order chi connectivity index (χ1) is 20.9. The Morgan fingerprint density at radius 1 is 1.14 bits per heavy atom. The minimum absolute atomic E-state index is 0.115. The molecule has 228 valence electrons. The number of hydrogen-bond acceptors (Lipinski definition) is 6. The standard InChI is InChI=1S/C36H46N4O3/c1-5-27-23-40-16-14-28(27)21-33(40)35(43-24-26-9-7-6-8-10-26)30-13-15-37-32-12-11-29(22-31(30)32)38(4)36(41)34(25(2)3)39-17-19-42-20-18-39/h5-13,15,22,25,27-28,33-35H,1,14,16-21,23-24H2,2-4H3/t27?,28?,33?,34-,35+/m0/s1. The van der Waals surface area contributed by atoms with E-state index < -0.39 is 0 Å². The number of ether oxygens (including phenoxy) is 2. The van der Waals surface area contributed by atoms with Crippen LogP contribution in [-0.2, 0) is 20.9 Å². The Hall–Kier alpha value is -3.10. The molecule has 2 aromatic carbocycles. The first-order valence-electron chi connectivity index (χ1n) is 15.9. The molecule has 2 bridgehead atoms. The molecule has 4 fully saturated rings. The van der Waals surface area contributed by atoms with Crippen molar-refractivity contribution >= 4 is 22.5 Å². The van der Waals surface area contributed by atoms with Crippen molar-refractivity contribution in [3.05, 3.63) is 84.6 Å². The average molecular weight is 583 g/mol. The molecule has 4 aliphatic rings. The molecule has 3 aromatic rings. The SMILES string of the molecule is C=CC1CN2CCC1CC2[C@H](OCc1ccccc1)c1ccnc2ccc(N(C)C(=O)[C@H](C(C)C)N3CCOCC3)cc12. The van der Waals surface area contributed by atoms with Crippen molar-refractivity contribution in [1.29, 1.82) is 0 Å². The van der Waals surface area contributed by atoms with Gasteiger partial charge in [-0.25, -0.2) is 0 Å². The third-order valence-electron chi connectivity index (χ3n) is 9.88. The molecular formula is C36H46N4O3. The molecule has 6 atom stereocenters. The molecule has 0 radical (unpaired) electrons. The second-order valence-electron chi connectivity index (χ2n) is 12.8. The van der Waals surface area contributed by atoms with Crippen molar-refractivity contribution in [1.82, 2.24) is 14.8 Å². The van der Waals surface area contributed by atoms with E-state index in [0.717, 1.165) is 54.8 Å². The third kappa shape index (κ3) is 6.27. The third-order valence-corrected chi connectivity index (χ3v) is 9.88. The zero-order valence-electron chi connectivity index (χ0n) is 25.9. The molecule has 7 rings (SSSR count). The van der Waals surface area contributed by atoms with Crippen LogP contribution in [0.3, 0.4) is 0 Å². The van der Waals surface area contributed by atoms with Gasteiger partial charge in [0.25, 0.3) is 0 Å². The molecule has 1 amide bonds. The number of carbonyl (C=O) groups is 1. The Morgan fingerprint density at radius 2 is 1.93 bits per heavy atom. The number of rotatable bonds is 10. The molecule has 7 nitrogen and oxygen atoms in total. The molecule has 0 aliphatic carbocycles. The molecule has 0 spiro atoms. The molecule has 4 aliphatic heterocycles. The molecule has 7 heteroatoms. The number of piperidine rings is 3. The Balaban J connectivity index is 1.34. The highest BCUT2D eigenvalue weighted by Crippen LogP contribution is 2.44. The van der Waals surface area contributed by atoms with Crippen molar-refractivity contribution in [3.8, 4) is 0 Å². The van der Waals surface area contributed by atoms with Crippen molar-refractivity contribution < 1.29 is 14.3 Å². The zero-order valence-corrected chi connectivity index (χ0v) is 25.9. The number of aromatic nitrogens is 1. The normalized spacial score (nSPS) is 25.5. The van der Waals surface area contributed by atoms with Gasteiger partial charge < -0.3 is 14.4 Å². The fraction of sp³-hybridized carbons (Fsp3) is 0.500. The van der Waals surface area contributed by atoms with Crippen LogP contribution in [0.4, 0.5) is 5.69 Å². The fourth-order valence-electron chi connectivity index (χ4n) is 7.52. The lowest BCUT2D eigenvalue weighted by atomic mass is 9.73. The van der Waals surface area contributed by atoms with Crippen LogP contribution in [0.2, 0.25) is 0 Å². The number of pyridine rings is 1. The van der Waals surface area contributed by atoms with E-state index >= 15 is 0 Å². The lowest BCUT2D eigenvalue weighted by molar-refractivity contribution is -0.127. The molecule has 4 unspecified atom stereocenters. The van der Waals surface area contributed by atoms with Gasteiger partial charge in [0, 0.05) is 50.0 Å². The van der Waals surface area contributed by atoms with Gasteiger partial charge in [0.05, 0.1) is 37.5 Å². The van der Waals surface area contributed by atoms with Crippen LogP contribution in [0.5, 0.6) is 0 Å². The van der Waals surface area contributed by atoms with Crippen molar-refractivity contribution in [2.24, 2.45) is 17.8 Å². The largest absolute Gasteiger partial charge is 0.379 e. The highest BCUT2D eigenvalue weighted by atomic mass is 16.5. The second-order valence-corrected chi connectivity index (χ2v) is 12.8. The number of carbonyl (C=O) groups excluding carboxylic acids is 1. The van der Waals surface area contributed by atoms with Gasteiger partial charge in [-0.3, -0.25) is 19.6 Å². The summed E-state index contributed by atoms with van der Waals surface area (Å²) in [5.74, 6) is 1.48. The Morgan fingerprint density at radius 3 is 2.63 bits per heavy atom. The average Bonchev–Trinajstić information content (AvgIpc) is 3.05. The smallest absolute Gasteiger partial charge is 0.244 e. The topological polar surface area (TPSA) is 58.1 Å². The maximum absolute atomic E-state index is 14.0. The van der Waals surface area contributed by atoms with Crippen molar-refractivity contribution in [2.75, 3.05) is 51.3 Å². The predicted molar refractivity (Wildman–Crippen MR) is 172 cm³/mol. The highest BCUT2D eigenvalue weighted by molar-refractivity contribution is 5.99. The monoisotopic (exact) mass is 582 g/mol. The number of anilines is 1. The van der Waals surface area contributed by atoms with E-state index in [2.05, 4.69) is 72.7 Å². The van der Waals surface area contributed by atoms with E-state index in [1.54, 1.807) is 0 Å². The van der Waals surface area contributed by atoms with E-state index in [1.165, 1.54) is 12.0 Å². The van der Waals surface area contributed by atoms with E-state index in [1.807, 2.05) is 36.3 Å². The summed E-state index contributed by atoms with van der Waals surface area (Å²) in [5, 5.41) is 1.05. The molecule has 1 aromatic heterocycles. The molecule has 43 heavy (non-hydrogen) atoms. The van der Waals surface area contributed by atoms with Gasteiger partial charge in [0.1, 0.15) is 0 Å². The highest BCUT2D eigenvalue weighted by Gasteiger charge is 2.43. The summed E-state index contributed by atoms with van der Waals surface area (Å²) in [4.78, 5) is 25.4. The molecule has 4 saturated heterocycles. The number of likely N-dealkylation sites (N-methyl/N-ethyl adjacent to an activating group) is 1. The number of fused-ring (bicyclic) bond motifs is 4. The van der Waals surface area contributed by atoms with Crippen LogP contribution >= 0.6 is 0 Å². The minimum Gasteiger partial charge on any atom is -0.379 e. The summed E-state index contributed by atoms with van der Waals surface area (Å²) >= 11 is 0. The van der Waals surface area contributed by atoms with Gasteiger partial charge >= 0.3 is 0 Å². The summed E-state index contributed by atoms with van der Waals surface area (Å²) in [6.07, 6.45) is 6.24. The van der Waals surface area contributed by atoms with Crippen molar-refractivity contribution in [2.45, 2.75) is 51.5 Å². The summed E-state index contributed by atoms with van der Waals surface area (Å²) in [5.41, 5.74) is 4.11. The lowest BCUT2D eigenvalue weighted by Gasteiger charge is -2.51. The van der Waals surface area contributed by atoms with Crippen LogP contribution in [0, 0.1) is 17.8 Å². The Kier molecular flexibility index (Phi) is 9.24. The first kappa shape index (κ1) is 29.9. The van der Waals surface area contributed by atoms with E-state index in [0.29, 0.717) is 31.7 Å². The summed E-state index contributed by atoms with van der Waals surface area (Å²) < 4.78 is 12.5. The van der Waals surface area contributed by atoms with E-state index in [4.69, 9.17) is 14.5 Å². The van der Waals surface area contributed by atoms with Crippen LogP contribution in [0.15, 0.2) is 73.4 Å². The zero-order chi connectivity index (χ0) is 29.9. The summed E-state index contributed by atoms with van der Waals surface area (Å²) in [6.45, 7) is 14.0. The maximum atomic E-state index is 14.0. The summed E-state index contributed by atoms with van der Waals surface area (Å²) in [6, 6.07) is 18.9. The minimum atomic E-state index is -0.191. The Labute approximate surface area is 256 Å². The quantitative estimate of drug-likeness (QED) is 0.286. The van der Waals surface area contributed by atoms with Crippen molar-refractivity contribution in [3.63, 3.8) is 0 Å². The van der Waals surface area contributed by atoms with Crippen LogP contribution in [0.25, 0.3) is 10.9 Å². The fourth-order valence-corrected chi connectivity index (χ4v) is 7.52. The first-order valence-corrected chi connectivity index (χ1v) is 15.9. The predicted octanol–water partition coefficient (Wildman–Crippen LogP) is 5.71. The second kappa shape index (κ2) is 13.3. The lowest BCUT2D eigenvalue weighted by Crippen LogP contribution is -2.55. The van der Waals surface area contributed by atoms with Gasteiger partial charge in [0.2, 0.25) is 5.91 Å². The number of benzene rings is 2. The number of morpholine rings is 1. The number of nitrogens with zero attached hydrogens (tertiary/aromatic N) is 4. The number of hydrogen-bond donors (Lipinski definition) is 0. The van der Waals surface area contributed by atoms with Gasteiger partial charge in [-0.05, 0) is 72.5 Å². The summed E-state index contributed by atoms with van der Waals surface area (Å²) in [7, 11) is 1.90. The Bertz CT molecular complexity index is 1410. The van der Waals surface area contributed by atoms with Crippen LogP contribution in [0.1, 0.15) is 43.9 Å². The molecule has 0 N–H and O–H groups in total. The number of amides is 1. The molecular weight excluding hydrogens is 536 g/mol. The van der Waals surface area contributed by atoms with Gasteiger partial charge in [-0.1, -0.05) is 50.3 Å². The molecule has 5 heterocycles. The van der Waals surface area contributed by atoms with E-state index in [9.17, 15) is 4.79 Å². The van der Waals surface area contributed by atoms with Crippen LogP contribution in [-0.4, -0.2) is 79.2 Å².